The van der Waals surface area contributed by atoms with E-state index in [9.17, 15) is 0 Å². The molecule has 0 aliphatic carbocycles. The molecule has 1 aliphatic heterocycles. The highest BCUT2D eigenvalue weighted by Crippen LogP contribution is 2.20. The summed E-state index contributed by atoms with van der Waals surface area (Å²) in [6.07, 6.45) is 10.2. The van der Waals surface area contributed by atoms with Crippen LogP contribution >= 0.6 is 0 Å². The maximum atomic E-state index is 5.05. The van der Waals surface area contributed by atoms with Crippen molar-refractivity contribution in [3.63, 3.8) is 0 Å². The molecule has 1 aromatic heterocycles. The number of aromatic nitrogens is 2. The minimum absolute atomic E-state index is 0.770. The molecule has 0 saturated carbocycles. The van der Waals surface area contributed by atoms with Crippen molar-refractivity contribution in [2.45, 2.75) is 26.7 Å². The van der Waals surface area contributed by atoms with E-state index in [4.69, 9.17) is 4.74 Å². The average Bonchev–Trinajstić information content (AvgIpc) is 3.00. The zero-order valence-electron chi connectivity index (χ0n) is 13.8. The van der Waals surface area contributed by atoms with Crippen molar-refractivity contribution in [1.29, 1.82) is 0 Å². The average molecular weight is 302 g/mol. The number of likely N-dealkylation sites (tertiary alicyclic amines) is 1. The van der Waals surface area contributed by atoms with Gasteiger partial charge in [-0.1, -0.05) is 6.08 Å². The van der Waals surface area contributed by atoms with Crippen LogP contribution in [0.4, 0.5) is 5.82 Å². The van der Waals surface area contributed by atoms with Crippen LogP contribution in [0.3, 0.4) is 0 Å². The van der Waals surface area contributed by atoms with E-state index in [1.54, 1.807) is 13.4 Å². The Balaban J connectivity index is 2.13. The van der Waals surface area contributed by atoms with E-state index < -0.39 is 0 Å². The third kappa shape index (κ3) is 4.56. The summed E-state index contributed by atoms with van der Waals surface area (Å²) in [4.78, 5) is 11.5. The molecule has 1 saturated heterocycles. The quantitative estimate of drug-likeness (QED) is 0.785. The molecule has 0 aromatic carbocycles. The van der Waals surface area contributed by atoms with Gasteiger partial charge in [0.25, 0.3) is 0 Å². The number of nitrogens with zero attached hydrogens (tertiary/aromatic N) is 3. The van der Waals surface area contributed by atoms with Crippen molar-refractivity contribution in [2.75, 3.05) is 38.6 Å². The molecule has 2 rings (SSSR count). The molecule has 22 heavy (non-hydrogen) atoms. The van der Waals surface area contributed by atoms with E-state index in [2.05, 4.69) is 20.2 Å². The van der Waals surface area contributed by atoms with Crippen LogP contribution in [-0.2, 0) is 4.74 Å². The molecule has 2 heterocycles. The third-order valence-electron chi connectivity index (χ3n) is 3.70. The second-order valence-electron chi connectivity index (χ2n) is 5.43. The van der Waals surface area contributed by atoms with Gasteiger partial charge in [-0.15, -0.1) is 0 Å². The lowest BCUT2D eigenvalue weighted by molar-refractivity contribution is 0.341. The number of anilines is 1. The van der Waals surface area contributed by atoms with Crippen LogP contribution in [0.2, 0.25) is 0 Å². The number of hydrogen-bond acceptors (Lipinski definition) is 5. The molecule has 0 amide bonds. The summed E-state index contributed by atoms with van der Waals surface area (Å²) in [6, 6.07) is 0. The van der Waals surface area contributed by atoms with E-state index in [0.29, 0.717) is 0 Å². The smallest absolute Gasteiger partial charge is 0.137 e. The fourth-order valence-corrected chi connectivity index (χ4v) is 2.66. The molecule has 1 aromatic rings. The predicted molar refractivity (Wildman–Crippen MR) is 91.7 cm³/mol. The van der Waals surface area contributed by atoms with Crippen molar-refractivity contribution in [3.8, 4) is 0 Å². The summed E-state index contributed by atoms with van der Waals surface area (Å²) in [7, 11) is 1.64. The van der Waals surface area contributed by atoms with Gasteiger partial charge in [0.15, 0.2) is 0 Å². The summed E-state index contributed by atoms with van der Waals surface area (Å²) in [5.41, 5.74) is 1.87. The van der Waals surface area contributed by atoms with Crippen LogP contribution in [0, 0.1) is 6.92 Å². The molecular formula is C17H26N4O. The Kier molecular flexibility index (Phi) is 6.40. The normalized spacial score (nSPS) is 16.0. The van der Waals surface area contributed by atoms with Crippen LogP contribution < -0.4 is 5.32 Å². The molecule has 1 aliphatic rings. The Hall–Kier alpha value is -1.88. The number of hydrogen-bond donors (Lipinski definition) is 1. The largest absolute Gasteiger partial charge is 0.504 e. The van der Waals surface area contributed by atoms with E-state index in [1.165, 1.54) is 25.9 Å². The van der Waals surface area contributed by atoms with Crippen LogP contribution in [0.25, 0.3) is 12.2 Å². The Morgan fingerprint density at radius 3 is 2.68 bits per heavy atom. The summed E-state index contributed by atoms with van der Waals surface area (Å²) in [5.74, 6) is 1.64. The topological polar surface area (TPSA) is 50.3 Å². The summed E-state index contributed by atoms with van der Waals surface area (Å²) < 4.78 is 5.05. The summed E-state index contributed by atoms with van der Waals surface area (Å²) in [5, 5.41) is 3.46. The van der Waals surface area contributed by atoms with Gasteiger partial charge < -0.3 is 15.0 Å². The first-order chi connectivity index (χ1) is 10.7. The fourth-order valence-electron chi connectivity index (χ4n) is 2.66. The number of ether oxygens (including phenoxy) is 1. The molecule has 1 N–H and O–H groups in total. The molecule has 0 bridgehead atoms. The van der Waals surface area contributed by atoms with Gasteiger partial charge in [0.05, 0.1) is 19.1 Å². The standard InChI is InChI=1S/C17H26N4O/c1-4-7-16-15(8-13-22-3)17(20-14(2)19-16)18-9-12-21-10-5-6-11-21/h4,7-8,13H,5-6,9-12H2,1-3H3,(H,18,19,20)/b7-4+,13-8+. The van der Waals surface area contributed by atoms with Gasteiger partial charge in [0.2, 0.25) is 0 Å². The zero-order valence-corrected chi connectivity index (χ0v) is 13.8. The first-order valence-electron chi connectivity index (χ1n) is 7.91. The number of methoxy groups -OCH3 is 1. The molecule has 5 nitrogen and oxygen atoms in total. The lowest BCUT2D eigenvalue weighted by Crippen LogP contribution is -2.26. The van der Waals surface area contributed by atoms with Crippen molar-refractivity contribution >= 4 is 18.0 Å². The van der Waals surface area contributed by atoms with Crippen LogP contribution in [0.5, 0.6) is 0 Å². The predicted octanol–water partition coefficient (Wildman–Crippen LogP) is 2.94. The van der Waals surface area contributed by atoms with Gasteiger partial charge in [-0.3, -0.25) is 0 Å². The lowest BCUT2D eigenvalue weighted by Gasteiger charge is -2.16. The van der Waals surface area contributed by atoms with Gasteiger partial charge >= 0.3 is 0 Å². The van der Waals surface area contributed by atoms with Crippen LogP contribution in [0.15, 0.2) is 12.3 Å². The minimum atomic E-state index is 0.770. The number of allylic oxidation sites excluding steroid dienone is 1. The van der Waals surface area contributed by atoms with E-state index in [-0.39, 0.29) is 0 Å². The number of rotatable bonds is 7. The van der Waals surface area contributed by atoms with Crippen molar-refractivity contribution < 1.29 is 4.74 Å². The SMILES string of the molecule is C/C=C/c1nc(C)nc(NCCN2CCCC2)c1/C=C/OC. The lowest BCUT2D eigenvalue weighted by atomic mass is 10.2. The Labute approximate surface area is 133 Å². The van der Waals surface area contributed by atoms with Crippen molar-refractivity contribution in [3.05, 3.63) is 29.4 Å². The van der Waals surface area contributed by atoms with Crippen molar-refractivity contribution in [2.24, 2.45) is 0 Å². The van der Waals surface area contributed by atoms with Crippen molar-refractivity contribution in [1.82, 2.24) is 14.9 Å². The Morgan fingerprint density at radius 2 is 2.00 bits per heavy atom. The molecule has 120 valence electrons. The molecule has 0 unspecified atom stereocenters. The van der Waals surface area contributed by atoms with Crippen LogP contribution in [-0.4, -0.2) is 48.2 Å². The maximum Gasteiger partial charge on any atom is 0.137 e. The molecule has 1 fully saturated rings. The van der Waals surface area contributed by atoms with Gasteiger partial charge in [-0.05, 0) is 51.9 Å². The fraction of sp³-hybridized carbons (Fsp3) is 0.529. The molecular weight excluding hydrogens is 276 g/mol. The number of nitrogens with one attached hydrogen (secondary N) is 1. The Morgan fingerprint density at radius 1 is 1.23 bits per heavy atom. The molecule has 5 heteroatoms. The third-order valence-corrected chi connectivity index (χ3v) is 3.70. The maximum absolute atomic E-state index is 5.05. The second-order valence-corrected chi connectivity index (χ2v) is 5.43. The highest BCUT2D eigenvalue weighted by molar-refractivity contribution is 5.71. The van der Waals surface area contributed by atoms with E-state index in [0.717, 1.165) is 36.0 Å². The molecule has 0 spiro atoms. The minimum Gasteiger partial charge on any atom is -0.504 e. The summed E-state index contributed by atoms with van der Waals surface area (Å²) >= 11 is 0. The monoisotopic (exact) mass is 302 g/mol. The van der Waals surface area contributed by atoms with Gasteiger partial charge in [0, 0.05) is 18.7 Å². The van der Waals surface area contributed by atoms with E-state index >= 15 is 0 Å². The zero-order chi connectivity index (χ0) is 15.8. The van der Waals surface area contributed by atoms with Gasteiger partial charge in [-0.25, -0.2) is 9.97 Å². The van der Waals surface area contributed by atoms with E-state index in [1.807, 2.05) is 32.1 Å². The second kappa shape index (κ2) is 8.54. The highest BCUT2D eigenvalue weighted by atomic mass is 16.5. The Bertz CT molecular complexity index is 534. The van der Waals surface area contributed by atoms with Gasteiger partial charge in [-0.2, -0.15) is 0 Å². The highest BCUT2D eigenvalue weighted by Gasteiger charge is 2.12. The van der Waals surface area contributed by atoms with Crippen LogP contribution in [0.1, 0.15) is 36.8 Å². The summed E-state index contributed by atoms with van der Waals surface area (Å²) in [6.45, 7) is 8.27. The first kappa shape index (κ1) is 16.5. The number of aryl methyl sites for hydroxylation is 1. The molecule has 0 atom stereocenters. The van der Waals surface area contributed by atoms with Gasteiger partial charge in [0.1, 0.15) is 11.6 Å². The first-order valence-corrected chi connectivity index (χ1v) is 7.91. The molecule has 0 radical (unpaired) electrons.